The molecule has 0 amide bonds. The topological polar surface area (TPSA) is 49.4 Å². The maximum atomic E-state index is 11.6. The Morgan fingerprint density at radius 2 is 1.82 bits per heavy atom. The predicted molar refractivity (Wildman–Crippen MR) is 70.8 cm³/mol. The third kappa shape index (κ3) is 2.35. The van der Waals surface area contributed by atoms with Gasteiger partial charge in [-0.3, -0.25) is 9.59 Å². The van der Waals surface area contributed by atoms with Crippen LogP contribution in [-0.4, -0.2) is 19.6 Å². The Morgan fingerprint density at radius 1 is 1.12 bits per heavy atom. The molecule has 4 heteroatoms. The van der Waals surface area contributed by atoms with E-state index in [1.165, 1.54) is 6.42 Å². The highest BCUT2D eigenvalue weighted by atomic mass is 16.2. The van der Waals surface area contributed by atoms with Crippen LogP contribution in [0, 0.1) is 0 Å². The van der Waals surface area contributed by atoms with Crippen LogP contribution in [0.4, 0.5) is 11.4 Å². The van der Waals surface area contributed by atoms with Crippen molar-refractivity contribution in [2.75, 3.05) is 29.9 Å². The van der Waals surface area contributed by atoms with Gasteiger partial charge in [0.2, 0.25) is 0 Å². The fourth-order valence-corrected chi connectivity index (χ4v) is 2.35. The van der Waals surface area contributed by atoms with Gasteiger partial charge in [0, 0.05) is 19.6 Å². The Bertz CT molecular complexity index is 440. The molecule has 1 aromatic rings. The number of anilines is 2. The zero-order valence-corrected chi connectivity index (χ0v) is 10.4. The molecule has 1 aliphatic heterocycles. The summed E-state index contributed by atoms with van der Waals surface area (Å²) in [6.07, 6.45) is 5.57. The van der Waals surface area contributed by atoms with Crippen LogP contribution in [0.15, 0.2) is 9.59 Å². The minimum Gasteiger partial charge on any atom is -0.380 e. The summed E-state index contributed by atoms with van der Waals surface area (Å²) in [5.41, 5.74) is 0.573. The molecule has 17 heavy (non-hydrogen) atoms. The van der Waals surface area contributed by atoms with Crippen LogP contribution in [-0.2, 0) is 0 Å². The summed E-state index contributed by atoms with van der Waals surface area (Å²) < 4.78 is 0. The van der Waals surface area contributed by atoms with Gasteiger partial charge in [-0.05, 0) is 25.7 Å². The van der Waals surface area contributed by atoms with Gasteiger partial charge >= 0.3 is 0 Å². The van der Waals surface area contributed by atoms with E-state index < -0.39 is 0 Å². The molecule has 0 atom stereocenters. The van der Waals surface area contributed by atoms with Gasteiger partial charge in [-0.2, -0.15) is 0 Å². The van der Waals surface area contributed by atoms with Crippen LogP contribution in [0.5, 0.6) is 0 Å². The summed E-state index contributed by atoms with van der Waals surface area (Å²) in [7, 11) is 0. The molecule has 0 saturated carbocycles. The van der Waals surface area contributed by atoms with Gasteiger partial charge < -0.3 is 10.2 Å². The van der Waals surface area contributed by atoms with Crippen LogP contribution in [0.1, 0.15) is 39.0 Å². The van der Waals surface area contributed by atoms with E-state index in [0.29, 0.717) is 11.4 Å². The number of piperidine rings is 1. The quantitative estimate of drug-likeness (QED) is 0.621. The van der Waals surface area contributed by atoms with Crippen LogP contribution >= 0.6 is 0 Å². The van der Waals surface area contributed by atoms with E-state index >= 15 is 0 Å². The van der Waals surface area contributed by atoms with Gasteiger partial charge in [-0.25, -0.2) is 0 Å². The van der Waals surface area contributed by atoms with Crippen molar-refractivity contribution in [1.29, 1.82) is 0 Å². The summed E-state index contributed by atoms with van der Waals surface area (Å²) in [5.74, 6) is 0. The predicted octanol–water partition coefficient (Wildman–Crippen LogP) is 1.48. The second-order valence-corrected chi connectivity index (χ2v) is 4.71. The van der Waals surface area contributed by atoms with Crippen molar-refractivity contribution in [2.24, 2.45) is 0 Å². The molecule has 1 aliphatic rings. The molecule has 0 unspecified atom stereocenters. The molecule has 2 rings (SSSR count). The minimum absolute atomic E-state index is 0.300. The van der Waals surface area contributed by atoms with Crippen molar-refractivity contribution in [1.82, 2.24) is 0 Å². The second kappa shape index (κ2) is 5.34. The zero-order valence-electron chi connectivity index (χ0n) is 10.4. The lowest BCUT2D eigenvalue weighted by Crippen LogP contribution is -2.44. The number of unbranched alkanes of at least 4 members (excludes halogenated alkanes) is 1. The average molecular weight is 236 g/mol. The number of hydrogen-bond donors (Lipinski definition) is 1. The van der Waals surface area contributed by atoms with Crippen LogP contribution in [0.3, 0.4) is 0 Å². The summed E-state index contributed by atoms with van der Waals surface area (Å²) in [6.45, 7) is 4.71. The van der Waals surface area contributed by atoms with Crippen molar-refractivity contribution in [3.63, 3.8) is 0 Å². The molecule has 0 aliphatic carbocycles. The van der Waals surface area contributed by atoms with Crippen LogP contribution < -0.4 is 21.1 Å². The highest BCUT2D eigenvalue weighted by Crippen LogP contribution is 2.23. The van der Waals surface area contributed by atoms with Crippen LogP contribution in [0.25, 0.3) is 0 Å². The van der Waals surface area contributed by atoms with Crippen molar-refractivity contribution in [3.8, 4) is 0 Å². The molecule has 1 N–H and O–H groups in total. The van der Waals surface area contributed by atoms with Crippen molar-refractivity contribution in [2.45, 2.75) is 39.0 Å². The van der Waals surface area contributed by atoms with E-state index in [-0.39, 0.29) is 10.9 Å². The molecule has 0 spiro atoms. The number of nitrogens with zero attached hydrogens (tertiary/aromatic N) is 1. The molecule has 94 valence electrons. The third-order valence-corrected chi connectivity index (χ3v) is 3.39. The number of hydrogen-bond acceptors (Lipinski definition) is 4. The largest absolute Gasteiger partial charge is 0.380 e. The lowest BCUT2D eigenvalue weighted by molar-refractivity contribution is 0.576. The molecule has 1 fully saturated rings. The SMILES string of the molecule is CCCCNc1c(N2CCCCC2)c(=O)c1=O. The Balaban J connectivity index is 2.08. The molecule has 0 bridgehead atoms. The highest BCUT2D eigenvalue weighted by molar-refractivity contribution is 5.75. The Kier molecular flexibility index (Phi) is 3.82. The van der Waals surface area contributed by atoms with Crippen molar-refractivity contribution < 1.29 is 0 Å². The van der Waals surface area contributed by atoms with Gasteiger partial charge in [0.15, 0.2) is 0 Å². The normalized spacial score (nSPS) is 16.4. The fraction of sp³-hybridized carbons (Fsp3) is 0.692. The second-order valence-electron chi connectivity index (χ2n) is 4.71. The average Bonchev–Trinajstić information content (AvgIpc) is 2.38. The lowest BCUT2D eigenvalue weighted by atomic mass is 10.1. The first-order valence-corrected chi connectivity index (χ1v) is 6.57. The van der Waals surface area contributed by atoms with E-state index in [1.54, 1.807) is 0 Å². The van der Waals surface area contributed by atoms with Gasteiger partial charge in [0.25, 0.3) is 10.9 Å². The monoisotopic (exact) mass is 236 g/mol. The Hall–Kier alpha value is -1.32. The molecule has 1 heterocycles. The van der Waals surface area contributed by atoms with E-state index in [0.717, 1.165) is 45.3 Å². The standard InChI is InChI=1S/C13H20N2O2/c1-2-3-7-14-10-11(13(17)12(10)16)15-8-5-4-6-9-15/h14H,2-9H2,1H3. The number of rotatable bonds is 5. The third-order valence-electron chi connectivity index (χ3n) is 3.39. The Labute approximate surface area is 101 Å². The summed E-state index contributed by atoms with van der Waals surface area (Å²) >= 11 is 0. The molecule has 0 radical (unpaired) electrons. The first-order chi connectivity index (χ1) is 8.25. The molecule has 1 saturated heterocycles. The van der Waals surface area contributed by atoms with E-state index in [9.17, 15) is 9.59 Å². The first-order valence-electron chi connectivity index (χ1n) is 6.57. The summed E-state index contributed by atoms with van der Waals surface area (Å²) in [5, 5.41) is 3.12. The fourth-order valence-electron chi connectivity index (χ4n) is 2.35. The Morgan fingerprint density at radius 3 is 2.47 bits per heavy atom. The van der Waals surface area contributed by atoms with Crippen molar-refractivity contribution >= 4 is 11.4 Å². The maximum Gasteiger partial charge on any atom is 0.253 e. The molecular weight excluding hydrogens is 216 g/mol. The summed E-state index contributed by atoms with van der Waals surface area (Å²) in [6, 6.07) is 0. The first kappa shape index (κ1) is 12.1. The van der Waals surface area contributed by atoms with E-state index in [4.69, 9.17) is 0 Å². The van der Waals surface area contributed by atoms with Gasteiger partial charge in [0.05, 0.1) is 0 Å². The zero-order chi connectivity index (χ0) is 12.3. The molecule has 0 aromatic heterocycles. The molecule has 4 nitrogen and oxygen atoms in total. The van der Waals surface area contributed by atoms with Crippen molar-refractivity contribution in [3.05, 3.63) is 20.4 Å². The minimum atomic E-state index is -0.332. The van der Waals surface area contributed by atoms with Crippen LogP contribution in [0.2, 0.25) is 0 Å². The van der Waals surface area contributed by atoms with Gasteiger partial charge in [0.1, 0.15) is 11.4 Å². The lowest BCUT2D eigenvalue weighted by Gasteiger charge is -2.30. The van der Waals surface area contributed by atoms with Gasteiger partial charge in [-0.15, -0.1) is 0 Å². The van der Waals surface area contributed by atoms with Gasteiger partial charge in [-0.1, -0.05) is 13.3 Å². The smallest absolute Gasteiger partial charge is 0.253 e. The number of nitrogens with one attached hydrogen (secondary N) is 1. The highest BCUT2D eigenvalue weighted by Gasteiger charge is 2.26. The van der Waals surface area contributed by atoms with E-state index in [2.05, 4.69) is 17.1 Å². The molecular formula is C13H20N2O2. The maximum absolute atomic E-state index is 11.6. The van der Waals surface area contributed by atoms with E-state index in [1.807, 2.05) is 0 Å². The summed E-state index contributed by atoms with van der Waals surface area (Å²) in [4.78, 5) is 25.2. The molecule has 1 aromatic carbocycles.